The minimum absolute atomic E-state index is 0.155. The summed E-state index contributed by atoms with van der Waals surface area (Å²) in [5.41, 5.74) is 0.140. The van der Waals surface area contributed by atoms with Gasteiger partial charge in [-0.1, -0.05) is 24.6 Å². The van der Waals surface area contributed by atoms with Crippen LogP contribution in [0.2, 0.25) is 0 Å². The topological polar surface area (TPSA) is 56.6 Å². The molecular formula is C18H21N3O2. The van der Waals surface area contributed by atoms with Crippen molar-refractivity contribution in [3.05, 3.63) is 30.3 Å². The lowest BCUT2D eigenvalue weighted by Crippen LogP contribution is -2.53. The van der Waals surface area contributed by atoms with Crippen molar-refractivity contribution in [2.45, 2.75) is 24.8 Å². The van der Waals surface area contributed by atoms with Gasteiger partial charge in [0.15, 0.2) is 0 Å². The van der Waals surface area contributed by atoms with Gasteiger partial charge >= 0.3 is 0 Å². The summed E-state index contributed by atoms with van der Waals surface area (Å²) in [7, 11) is 0. The molecule has 1 N–H and O–H groups in total. The van der Waals surface area contributed by atoms with E-state index in [0.29, 0.717) is 25.0 Å². The molecule has 5 rings (SSSR count). The zero-order valence-electron chi connectivity index (χ0n) is 13.1. The van der Waals surface area contributed by atoms with Gasteiger partial charge in [0, 0.05) is 19.0 Å². The Kier molecular flexibility index (Phi) is 2.63. The highest BCUT2D eigenvalue weighted by Crippen LogP contribution is 2.77. The minimum atomic E-state index is -0.359. The van der Waals surface area contributed by atoms with Crippen molar-refractivity contribution in [1.29, 1.82) is 5.41 Å². The van der Waals surface area contributed by atoms with Crippen LogP contribution < -0.4 is 4.90 Å². The van der Waals surface area contributed by atoms with Crippen LogP contribution >= 0.6 is 0 Å². The van der Waals surface area contributed by atoms with Crippen LogP contribution in [0.3, 0.4) is 0 Å². The molecule has 3 atom stereocenters. The zero-order chi connectivity index (χ0) is 15.7. The van der Waals surface area contributed by atoms with Gasteiger partial charge in [0.2, 0.25) is 5.91 Å². The summed E-state index contributed by atoms with van der Waals surface area (Å²) < 4.78 is 5.51. The molecule has 4 aliphatic rings. The van der Waals surface area contributed by atoms with E-state index < -0.39 is 0 Å². The number of rotatable bonds is 2. The first-order valence-corrected chi connectivity index (χ1v) is 8.56. The molecule has 0 radical (unpaired) electrons. The maximum Gasteiger partial charge on any atom is 0.241 e. The van der Waals surface area contributed by atoms with Crippen molar-refractivity contribution < 1.29 is 9.53 Å². The van der Waals surface area contributed by atoms with Crippen molar-refractivity contribution in [2.75, 3.05) is 31.2 Å². The number of morpholine rings is 1. The lowest BCUT2D eigenvalue weighted by Gasteiger charge is -2.37. The number of piperidine rings is 1. The quantitative estimate of drug-likeness (QED) is 0.907. The molecule has 2 heterocycles. The fraction of sp³-hybridized carbons (Fsp3) is 0.556. The number of ether oxygens (including phenoxy) is 1. The first-order valence-electron chi connectivity index (χ1n) is 8.56. The van der Waals surface area contributed by atoms with Gasteiger partial charge in [-0.05, 0) is 25.0 Å². The monoisotopic (exact) mass is 311 g/mol. The Morgan fingerprint density at radius 3 is 2.65 bits per heavy atom. The molecule has 0 aromatic heterocycles. The Hall–Kier alpha value is -1.72. The Bertz CT molecular complexity index is 685. The number of fused-ring (bicyclic) bond motifs is 1. The first-order chi connectivity index (χ1) is 11.2. The van der Waals surface area contributed by atoms with Gasteiger partial charge < -0.3 is 4.74 Å². The predicted octanol–water partition coefficient (Wildman–Crippen LogP) is 1.88. The molecule has 5 heteroatoms. The van der Waals surface area contributed by atoms with E-state index in [2.05, 4.69) is 4.90 Å². The Labute approximate surface area is 135 Å². The fourth-order valence-corrected chi connectivity index (χ4v) is 5.66. The molecule has 4 fully saturated rings. The Morgan fingerprint density at radius 1 is 1.17 bits per heavy atom. The molecule has 1 spiro atoms. The van der Waals surface area contributed by atoms with E-state index in [4.69, 9.17) is 10.1 Å². The van der Waals surface area contributed by atoms with Crippen molar-refractivity contribution in [2.24, 2.45) is 11.3 Å². The van der Waals surface area contributed by atoms with Gasteiger partial charge in [-0.15, -0.1) is 0 Å². The normalized spacial score (nSPS) is 39.5. The first kappa shape index (κ1) is 13.7. The molecule has 2 saturated heterocycles. The Morgan fingerprint density at radius 2 is 1.91 bits per heavy atom. The summed E-state index contributed by atoms with van der Waals surface area (Å²) in [5.74, 6) is 0.996. The number of carbonyl (C=O) groups excluding carboxylic acids is 1. The molecule has 2 saturated carbocycles. The molecule has 1 amide bonds. The van der Waals surface area contributed by atoms with Crippen molar-refractivity contribution >= 4 is 17.4 Å². The zero-order valence-corrected chi connectivity index (χ0v) is 13.1. The summed E-state index contributed by atoms with van der Waals surface area (Å²) in [4.78, 5) is 17.4. The SMILES string of the molecule is N=C1N(c2ccccc2)C(=O)C23CCCC2C13N1CCOCC1. The third-order valence-corrected chi connectivity index (χ3v) is 6.45. The fourth-order valence-electron chi connectivity index (χ4n) is 5.66. The van der Waals surface area contributed by atoms with E-state index in [1.54, 1.807) is 4.90 Å². The average Bonchev–Trinajstić information content (AvgIpc) is 2.86. The van der Waals surface area contributed by atoms with Crippen LogP contribution in [0.1, 0.15) is 19.3 Å². The maximum absolute atomic E-state index is 13.3. The summed E-state index contributed by atoms with van der Waals surface area (Å²) in [6.45, 7) is 3.07. The molecule has 120 valence electrons. The second-order valence-corrected chi connectivity index (χ2v) is 7.11. The third-order valence-electron chi connectivity index (χ3n) is 6.45. The van der Waals surface area contributed by atoms with Gasteiger partial charge in [0.05, 0.1) is 29.9 Å². The standard InChI is InChI=1S/C18H21N3O2/c19-15-18(20-9-11-23-12-10-20)14-7-4-8-17(14,18)16(22)21(15)13-5-2-1-3-6-13/h1-3,5-6,14,19H,4,7-12H2. The van der Waals surface area contributed by atoms with Gasteiger partial charge in [-0.25, -0.2) is 0 Å². The summed E-state index contributed by atoms with van der Waals surface area (Å²) in [5, 5.41) is 8.92. The second kappa shape index (κ2) is 4.42. The number of hydrogen-bond acceptors (Lipinski definition) is 4. The van der Waals surface area contributed by atoms with Crippen molar-refractivity contribution in [3.63, 3.8) is 0 Å². The molecule has 2 aliphatic heterocycles. The van der Waals surface area contributed by atoms with E-state index in [1.165, 1.54) is 0 Å². The lowest BCUT2D eigenvalue weighted by atomic mass is 9.95. The second-order valence-electron chi connectivity index (χ2n) is 7.11. The number of para-hydroxylation sites is 1. The van der Waals surface area contributed by atoms with Crippen LogP contribution in [-0.4, -0.2) is 48.5 Å². The minimum Gasteiger partial charge on any atom is -0.379 e. The van der Waals surface area contributed by atoms with E-state index in [-0.39, 0.29) is 16.9 Å². The summed E-state index contributed by atoms with van der Waals surface area (Å²) in [6, 6.07) is 9.69. The van der Waals surface area contributed by atoms with Crippen LogP contribution in [0, 0.1) is 16.7 Å². The number of anilines is 1. The number of nitrogens with one attached hydrogen (secondary N) is 1. The van der Waals surface area contributed by atoms with Crippen LogP contribution in [0.15, 0.2) is 30.3 Å². The molecule has 1 aromatic rings. The molecule has 2 aliphatic carbocycles. The smallest absolute Gasteiger partial charge is 0.241 e. The number of hydrogen-bond donors (Lipinski definition) is 1. The summed E-state index contributed by atoms with van der Waals surface area (Å²) >= 11 is 0. The van der Waals surface area contributed by atoms with Crippen molar-refractivity contribution in [1.82, 2.24) is 4.90 Å². The lowest BCUT2D eigenvalue weighted by molar-refractivity contribution is -0.123. The van der Waals surface area contributed by atoms with Gasteiger partial charge in [-0.2, -0.15) is 0 Å². The highest BCUT2D eigenvalue weighted by Gasteiger charge is 2.90. The van der Waals surface area contributed by atoms with Crippen molar-refractivity contribution in [3.8, 4) is 0 Å². The van der Waals surface area contributed by atoms with Crippen LogP contribution in [-0.2, 0) is 9.53 Å². The summed E-state index contributed by atoms with van der Waals surface area (Å²) in [6.07, 6.45) is 3.12. The average molecular weight is 311 g/mol. The molecule has 3 unspecified atom stereocenters. The highest BCUT2D eigenvalue weighted by molar-refractivity contribution is 6.32. The number of carbonyl (C=O) groups is 1. The van der Waals surface area contributed by atoms with Crippen LogP contribution in [0.4, 0.5) is 5.69 Å². The molecule has 5 nitrogen and oxygen atoms in total. The number of nitrogens with zero attached hydrogens (tertiary/aromatic N) is 2. The third kappa shape index (κ3) is 1.37. The van der Waals surface area contributed by atoms with E-state index in [1.807, 2.05) is 30.3 Å². The molecule has 0 bridgehead atoms. The largest absolute Gasteiger partial charge is 0.379 e. The molecular weight excluding hydrogens is 290 g/mol. The number of amidine groups is 1. The predicted molar refractivity (Wildman–Crippen MR) is 86.6 cm³/mol. The maximum atomic E-state index is 13.3. The van der Waals surface area contributed by atoms with Gasteiger partial charge in [0.1, 0.15) is 5.84 Å². The molecule has 1 aromatic carbocycles. The van der Waals surface area contributed by atoms with E-state index in [0.717, 1.165) is 38.0 Å². The van der Waals surface area contributed by atoms with Gasteiger partial charge in [0.25, 0.3) is 0 Å². The van der Waals surface area contributed by atoms with Crippen LogP contribution in [0.25, 0.3) is 0 Å². The highest BCUT2D eigenvalue weighted by atomic mass is 16.5. The number of amides is 1. The van der Waals surface area contributed by atoms with E-state index in [9.17, 15) is 4.79 Å². The Balaban J connectivity index is 1.61. The molecule has 23 heavy (non-hydrogen) atoms. The van der Waals surface area contributed by atoms with Gasteiger partial charge in [-0.3, -0.25) is 20.0 Å². The number of benzene rings is 1. The van der Waals surface area contributed by atoms with E-state index >= 15 is 0 Å². The van der Waals surface area contributed by atoms with Crippen LogP contribution in [0.5, 0.6) is 0 Å².